The van der Waals surface area contributed by atoms with Gasteiger partial charge in [0.25, 0.3) is 0 Å². The summed E-state index contributed by atoms with van der Waals surface area (Å²) in [4.78, 5) is 4.70. The first-order valence-corrected chi connectivity index (χ1v) is 6.78. The van der Waals surface area contributed by atoms with Crippen molar-refractivity contribution in [3.05, 3.63) is 29.0 Å². The average Bonchev–Trinajstić information content (AvgIpc) is 2.73. The molecule has 0 radical (unpaired) electrons. The van der Waals surface area contributed by atoms with Gasteiger partial charge in [0.2, 0.25) is 0 Å². The van der Waals surface area contributed by atoms with Crippen LogP contribution in [0.2, 0.25) is 0 Å². The summed E-state index contributed by atoms with van der Waals surface area (Å²) in [5, 5.41) is 1.08. The monoisotopic (exact) mass is 273 g/mol. The third kappa shape index (κ3) is 1.75. The van der Waals surface area contributed by atoms with Crippen LogP contribution in [0.1, 0.15) is 42.9 Å². The summed E-state index contributed by atoms with van der Waals surface area (Å²) in [6.45, 7) is 6.19. The molecule has 2 unspecified atom stereocenters. The molecule has 1 aromatic carbocycles. The minimum atomic E-state index is 0.0716. The number of hydrogen-bond donors (Lipinski definition) is 0. The van der Waals surface area contributed by atoms with Crippen LogP contribution in [0.4, 0.5) is 0 Å². The van der Waals surface area contributed by atoms with Crippen LogP contribution < -0.4 is 9.47 Å². The number of benzene rings is 1. The van der Waals surface area contributed by atoms with E-state index in [2.05, 4.69) is 13.8 Å². The second-order valence-electron chi connectivity index (χ2n) is 5.17. The van der Waals surface area contributed by atoms with Gasteiger partial charge in [0, 0.05) is 22.7 Å². The van der Waals surface area contributed by atoms with Gasteiger partial charge in [0.05, 0.1) is 31.9 Å². The van der Waals surface area contributed by atoms with E-state index in [9.17, 15) is 0 Å². The minimum Gasteiger partial charge on any atom is -0.493 e. The van der Waals surface area contributed by atoms with Crippen LogP contribution in [0.5, 0.6) is 11.5 Å². The van der Waals surface area contributed by atoms with Gasteiger partial charge in [-0.15, -0.1) is 0 Å². The van der Waals surface area contributed by atoms with Gasteiger partial charge in [-0.05, 0) is 32.4 Å². The first kappa shape index (κ1) is 13.2. The van der Waals surface area contributed by atoms with Crippen LogP contribution in [-0.4, -0.2) is 19.2 Å². The highest BCUT2D eigenvalue weighted by atomic mass is 16.5. The molecule has 2 heterocycles. The van der Waals surface area contributed by atoms with Crippen molar-refractivity contribution in [3.8, 4) is 11.5 Å². The van der Waals surface area contributed by atoms with Gasteiger partial charge in [0.15, 0.2) is 11.5 Å². The number of ether oxygens (including phenoxy) is 3. The molecule has 3 rings (SSSR count). The third-order valence-corrected chi connectivity index (χ3v) is 3.98. The summed E-state index contributed by atoms with van der Waals surface area (Å²) >= 11 is 0. The minimum absolute atomic E-state index is 0.0716. The molecule has 0 saturated carbocycles. The van der Waals surface area contributed by atoms with Gasteiger partial charge in [-0.3, -0.25) is 4.98 Å². The van der Waals surface area contributed by atoms with Crippen LogP contribution >= 0.6 is 0 Å². The molecule has 0 aliphatic carbocycles. The fourth-order valence-electron chi connectivity index (χ4n) is 3.15. The van der Waals surface area contributed by atoms with Gasteiger partial charge in [-0.1, -0.05) is 0 Å². The molecule has 4 nitrogen and oxygen atoms in total. The quantitative estimate of drug-likeness (QED) is 0.836. The maximum absolute atomic E-state index is 5.94. The largest absolute Gasteiger partial charge is 0.493 e. The van der Waals surface area contributed by atoms with E-state index in [-0.39, 0.29) is 12.2 Å². The fraction of sp³-hybridized carbons (Fsp3) is 0.438. The van der Waals surface area contributed by atoms with E-state index in [1.165, 1.54) is 11.1 Å². The van der Waals surface area contributed by atoms with Gasteiger partial charge in [-0.2, -0.15) is 0 Å². The molecule has 106 valence electrons. The Bertz CT molecular complexity index is 681. The molecule has 0 fully saturated rings. The van der Waals surface area contributed by atoms with E-state index in [0.29, 0.717) is 5.75 Å². The molecule has 0 bridgehead atoms. The zero-order valence-electron chi connectivity index (χ0n) is 12.5. The van der Waals surface area contributed by atoms with Crippen LogP contribution in [-0.2, 0) is 4.74 Å². The Balaban J connectivity index is 2.38. The number of aryl methyl sites for hydroxylation is 1. The Hall–Kier alpha value is -1.81. The molecular weight excluding hydrogens is 254 g/mol. The van der Waals surface area contributed by atoms with Gasteiger partial charge in [-0.25, -0.2) is 0 Å². The summed E-state index contributed by atoms with van der Waals surface area (Å²) in [6, 6.07) is 3.93. The van der Waals surface area contributed by atoms with E-state index in [4.69, 9.17) is 19.2 Å². The number of aromatic nitrogens is 1. The Morgan fingerprint density at radius 1 is 1.00 bits per heavy atom. The second-order valence-corrected chi connectivity index (χ2v) is 5.17. The lowest BCUT2D eigenvalue weighted by Crippen LogP contribution is -1.99. The van der Waals surface area contributed by atoms with Crippen molar-refractivity contribution in [3.63, 3.8) is 0 Å². The van der Waals surface area contributed by atoms with Crippen molar-refractivity contribution in [2.75, 3.05) is 14.2 Å². The van der Waals surface area contributed by atoms with Gasteiger partial charge < -0.3 is 14.2 Å². The van der Waals surface area contributed by atoms with Crippen molar-refractivity contribution < 1.29 is 14.2 Å². The zero-order chi connectivity index (χ0) is 14.4. The standard InChI is InChI=1S/C16H19NO3/c1-8-15-9(2)20-10(3)16(15)11-6-13(18-4)14(19-5)7-12(11)17-8/h6-7,9-10H,1-5H3. The molecule has 0 amide bonds. The van der Waals surface area contributed by atoms with Crippen molar-refractivity contribution in [1.82, 2.24) is 4.98 Å². The van der Waals surface area contributed by atoms with Crippen LogP contribution in [0.3, 0.4) is 0 Å². The molecular formula is C16H19NO3. The fourth-order valence-corrected chi connectivity index (χ4v) is 3.15. The molecule has 2 aromatic rings. The summed E-state index contributed by atoms with van der Waals surface area (Å²) < 4.78 is 16.7. The summed E-state index contributed by atoms with van der Waals surface area (Å²) in [5.74, 6) is 1.42. The van der Waals surface area contributed by atoms with Crippen LogP contribution in [0.15, 0.2) is 12.1 Å². The average molecular weight is 273 g/mol. The molecule has 2 atom stereocenters. The zero-order valence-corrected chi connectivity index (χ0v) is 12.5. The highest BCUT2D eigenvalue weighted by molar-refractivity contribution is 5.88. The van der Waals surface area contributed by atoms with E-state index in [1.807, 2.05) is 19.1 Å². The van der Waals surface area contributed by atoms with Crippen molar-refractivity contribution in [2.24, 2.45) is 0 Å². The topological polar surface area (TPSA) is 40.6 Å². The highest BCUT2D eigenvalue weighted by Gasteiger charge is 2.30. The maximum Gasteiger partial charge on any atom is 0.162 e. The smallest absolute Gasteiger partial charge is 0.162 e. The molecule has 1 aromatic heterocycles. The third-order valence-electron chi connectivity index (χ3n) is 3.98. The Morgan fingerprint density at radius 3 is 2.25 bits per heavy atom. The lowest BCUT2D eigenvalue weighted by Gasteiger charge is -2.14. The molecule has 1 aliphatic heterocycles. The van der Waals surface area contributed by atoms with Crippen molar-refractivity contribution in [2.45, 2.75) is 33.0 Å². The second kappa shape index (κ2) is 4.63. The number of methoxy groups -OCH3 is 2. The molecule has 0 N–H and O–H groups in total. The molecule has 0 saturated heterocycles. The summed E-state index contributed by atoms with van der Waals surface area (Å²) in [5.41, 5.74) is 4.37. The van der Waals surface area contributed by atoms with E-state index in [0.717, 1.165) is 22.3 Å². The maximum atomic E-state index is 5.94. The Kier molecular flexibility index (Phi) is 3.05. The summed E-state index contributed by atoms with van der Waals surface area (Å²) in [7, 11) is 3.28. The van der Waals surface area contributed by atoms with Crippen LogP contribution in [0.25, 0.3) is 10.9 Å². The Morgan fingerprint density at radius 2 is 1.60 bits per heavy atom. The van der Waals surface area contributed by atoms with E-state index < -0.39 is 0 Å². The first-order valence-electron chi connectivity index (χ1n) is 6.78. The highest BCUT2D eigenvalue weighted by Crippen LogP contribution is 2.45. The Labute approximate surface area is 118 Å². The van der Waals surface area contributed by atoms with Crippen molar-refractivity contribution >= 4 is 10.9 Å². The molecule has 0 spiro atoms. The predicted octanol–water partition coefficient (Wildman–Crippen LogP) is 3.71. The molecule has 20 heavy (non-hydrogen) atoms. The van der Waals surface area contributed by atoms with E-state index >= 15 is 0 Å². The number of fused-ring (bicyclic) bond motifs is 3. The van der Waals surface area contributed by atoms with Gasteiger partial charge in [0.1, 0.15) is 0 Å². The number of pyridine rings is 1. The summed E-state index contributed by atoms with van der Waals surface area (Å²) in [6.07, 6.45) is 0.160. The number of hydrogen-bond acceptors (Lipinski definition) is 4. The van der Waals surface area contributed by atoms with Crippen molar-refractivity contribution in [1.29, 1.82) is 0 Å². The SMILES string of the molecule is COc1cc2nc(C)c3c(c2cc1OC)C(C)OC3C. The first-order chi connectivity index (χ1) is 9.56. The lowest BCUT2D eigenvalue weighted by molar-refractivity contribution is 0.0334. The van der Waals surface area contributed by atoms with E-state index in [1.54, 1.807) is 14.2 Å². The number of nitrogens with zero attached hydrogens (tertiary/aromatic N) is 1. The lowest BCUT2D eigenvalue weighted by atomic mass is 9.96. The van der Waals surface area contributed by atoms with Crippen LogP contribution in [0, 0.1) is 6.92 Å². The predicted molar refractivity (Wildman–Crippen MR) is 77.5 cm³/mol. The van der Waals surface area contributed by atoms with Gasteiger partial charge >= 0.3 is 0 Å². The normalized spacial score (nSPS) is 21.1. The molecule has 4 heteroatoms. The number of rotatable bonds is 2. The molecule has 1 aliphatic rings.